The van der Waals surface area contributed by atoms with Crippen LogP contribution < -0.4 is 10.3 Å². The van der Waals surface area contributed by atoms with Crippen molar-refractivity contribution in [3.63, 3.8) is 0 Å². The van der Waals surface area contributed by atoms with Gasteiger partial charge in [-0.2, -0.15) is 5.10 Å². The Hall–Kier alpha value is -4.05. The van der Waals surface area contributed by atoms with Gasteiger partial charge in [0.1, 0.15) is 12.4 Å². The molecular weight excluding hydrogens is 574 g/mol. The summed E-state index contributed by atoms with van der Waals surface area (Å²) in [6, 6.07) is 14.2. The van der Waals surface area contributed by atoms with E-state index < -0.39 is 0 Å². The number of hydrogen-bond donors (Lipinski definition) is 0. The Bertz CT molecular complexity index is 1690. The van der Waals surface area contributed by atoms with Crippen LogP contribution >= 0.6 is 15.9 Å². The molecule has 0 aliphatic carbocycles. The molecule has 0 bridgehead atoms. The maximum Gasteiger partial charge on any atom is 0.263 e. The number of amides is 1. The Labute approximate surface area is 240 Å². The summed E-state index contributed by atoms with van der Waals surface area (Å²) < 4.78 is 9.65. The molecule has 0 saturated heterocycles. The molecule has 0 N–H and O–H groups in total. The summed E-state index contributed by atoms with van der Waals surface area (Å²) in [5.41, 5.74) is 4.70. The quantitative estimate of drug-likeness (QED) is 0.318. The standard InChI is InChI=1S/C30H30BrN5O4/c1-17-12-22(6-11-26(17)31)28(38)34-15-27-25(14-19(34)3)29(39)35(30(32-27)36-20(4)13-18(2)33-36)23-7-9-24(10-8-23)40-16-21(5)37/h6-13,19H,14-16H2,1-5H3/t19-/m1/s1. The number of hydrogen-bond acceptors (Lipinski definition) is 6. The molecular formula is C30H30BrN5O4. The van der Waals surface area contributed by atoms with E-state index in [1.807, 2.05) is 45.9 Å². The number of benzene rings is 2. The molecule has 0 unspecified atom stereocenters. The van der Waals surface area contributed by atoms with Crippen LogP contribution in [0.5, 0.6) is 5.75 Å². The highest BCUT2D eigenvalue weighted by molar-refractivity contribution is 9.10. The van der Waals surface area contributed by atoms with Crippen molar-refractivity contribution in [1.82, 2.24) is 24.2 Å². The van der Waals surface area contributed by atoms with Gasteiger partial charge in [-0.15, -0.1) is 0 Å². The summed E-state index contributed by atoms with van der Waals surface area (Å²) in [7, 11) is 0. The zero-order chi connectivity index (χ0) is 28.7. The molecule has 3 heterocycles. The number of ketones is 1. The highest BCUT2D eigenvalue weighted by Crippen LogP contribution is 2.26. The smallest absolute Gasteiger partial charge is 0.263 e. The molecule has 2 aromatic heterocycles. The van der Waals surface area contributed by atoms with Crippen LogP contribution in [0, 0.1) is 20.8 Å². The highest BCUT2D eigenvalue weighted by atomic mass is 79.9. The number of aryl methyl sites for hydroxylation is 3. The van der Waals surface area contributed by atoms with E-state index in [9.17, 15) is 14.4 Å². The molecule has 1 aliphatic heterocycles. The van der Waals surface area contributed by atoms with Crippen molar-refractivity contribution in [3.05, 3.63) is 97.1 Å². The number of carbonyl (C=O) groups excluding carboxylic acids is 2. The Morgan fingerprint density at radius 2 is 1.80 bits per heavy atom. The van der Waals surface area contributed by atoms with E-state index in [1.165, 1.54) is 6.92 Å². The average molecular weight is 605 g/mol. The predicted octanol–water partition coefficient (Wildman–Crippen LogP) is 4.66. The lowest BCUT2D eigenvalue weighted by atomic mass is 9.98. The zero-order valence-electron chi connectivity index (χ0n) is 23.1. The fourth-order valence-corrected chi connectivity index (χ4v) is 5.19. The lowest BCUT2D eigenvalue weighted by molar-refractivity contribution is -0.118. The third-order valence-electron chi connectivity index (χ3n) is 7.00. The molecule has 1 atom stereocenters. The Balaban J connectivity index is 1.60. The second kappa shape index (κ2) is 10.8. The van der Waals surface area contributed by atoms with Gasteiger partial charge in [-0.05, 0) is 95.1 Å². The minimum absolute atomic E-state index is 0.0242. The molecule has 206 valence electrons. The van der Waals surface area contributed by atoms with Crippen LogP contribution in [0.4, 0.5) is 0 Å². The molecule has 9 nitrogen and oxygen atoms in total. The third kappa shape index (κ3) is 5.23. The van der Waals surface area contributed by atoms with Crippen LogP contribution in [0.1, 0.15) is 52.4 Å². The van der Waals surface area contributed by atoms with Crippen molar-refractivity contribution in [2.75, 3.05) is 6.61 Å². The van der Waals surface area contributed by atoms with Crippen LogP contribution in [0.3, 0.4) is 0 Å². The highest BCUT2D eigenvalue weighted by Gasteiger charge is 2.32. The molecule has 2 aromatic carbocycles. The molecule has 40 heavy (non-hydrogen) atoms. The van der Waals surface area contributed by atoms with Crippen LogP contribution in [0.25, 0.3) is 11.6 Å². The maximum atomic E-state index is 14.1. The van der Waals surface area contributed by atoms with Crippen molar-refractivity contribution in [1.29, 1.82) is 0 Å². The number of halogens is 1. The van der Waals surface area contributed by atoms with Crippen molar-refractivity contribution >= 4 is 27.6 Å². The molecule has 0 fully saturated rings. The first-order chi connectivity index (χ1) is 19.0. The molecule has 10 heteroatoms. The summed E-state index contributed by atoms with van der Waals surface area (Å²) in [4.78, 5) is 45.7. The topological polar surface area (TPSA) is 99.3 Å². The normalized spacial score (nSPS) is 14.7. The second-order valence-corrected chi connectivity index (χ2v) is 11.1. The summed E-state index contributed by atoms with van der Waals surface area (Å²) in [6.07, 6.45) is 0.375. The van der Waals surface area contributed by atoms with E-state index in [0.29, 0.717) is 40.6 Å². The van der Waals surface area contributed by atoms with Crippen LogP contribution in [-0.4, -0.2) is 48.6 Å². The summed E-state index contributed by atoms with van der Waals surface area (Å²) in [6.45, 7) is 9.34. The van der Waals surface area contributed by atoms with Crippen molar-refractivity contribution in [2.24, 2.45) is 0 Å². The molecule has 1 aliphatic rings. The number of carbonyl (C=O) groups is 2. The lowest BCUT2D eigenvalue weighted by Gasteiger charge is -2.34. The van der Waals surface area contributed by atoms with Crippen LogP contribution in [-0.2, 0) is 17.8 Å². The number of nitrogens with zero attached hydrogens (tertiary/aromatic N) is 5. The van der Waals surface area contributed by atoms with E-state index >= 15 is 0 Å². The van der Waals surface area contributed by atoms with Gasteiger partial charge in [0.25, 0.3) is 11.5 Å². The largest absolute Gasteiger partial charge is 0.486 e. The first-order valence-corrected chi connectivity index (χ1v) is 13.8. The Morgan fingerprint density at radius 1 is 1.07 bits per heavy atom. The van der Waals surface area contributed by atoms with E-state index in [4.69, 9.17) is 9.72 Å². The van der Waals surface area contributed by atoms with Gasteiger partial charge in [-0.1, -0.05) is 15.9 Å². The van der Waals surface area contributed by atoms with Crippen molar-refractivity contribution in [3.8, 4) is 17.4 Å². The fourth-order valence-electron chi connectivity index (χ4n) is 4.94. The second-order valence-electron chi connectivity index (χ2n) is 10.3. The SMILES string of the molecule is CC(=O)COc1ccc(-n2c(-n3nc(C)cc3C)nc3c(c2=O)C[C@@H](C)N(C(=O)c2ccc(Br)c(C)c2)C3)cc1. The molecule has 0 saturated carbocycles. The van der Waals surface area contributed by atoms with Gasteiger partial charge in [-0.25, -0.2) is 14.2 Å². The molecule has 5 rings (SSSR count). The molecule has 0 radical (unpaired) electrons. The number of rotatable bonds is 6. The maximum absolute atomic E-state index is 14.1. The van der Waals surface area contributed by atoms with E-state index in [2.05, 4.69) is 21.0 Å². The number of ether oxygens (including phenoxy) is 1. The van der Waals surface area contributed by atoms with Crippen molar-refractivity contribution in [2.45, 2.75) is 53.6 Å². The summed E-state index contributed by atoms with van der Waals surface area (Å²) >= 11 is 3.50. The number of Topliss-reactive ketones (excluding diaryl/α,β-unsaturated/α-hetero) is 1. The molecule has 4 aromatic rings. The number of aromatic nitrogens is 4. The minimum Gasteiger partial charge on any atom is -0.486 e. The van der Waals surface area contributed by atoms with Gasteiger partial charge < -0.3 is 9.64 Å². The summed E-state index contributed by atoms with van der Waals surface area (Å²) in [5.74, 6) is 0.682. The van der Waals surface area contributed by atoms with Gasteiger partial charge >= 0.3 is 0 Å². The molecule has 1 amide bonds. The van der Waals surface area contributed by atoms with E-state index in [1.54, 1.807) is 44.5 Å². The van der Waals surface area contributed by atoms with Gasteiger partial charge in [0.05, 0.1) is 23.6 Å². The van der Waals surface area contributed by atoms with Crippen molar-refractivity contribution < 1.29 is 14.3 Å². The predicted molar refractivity (Wildman–Crippen MR) is 155 cm³/mol. The van der Waals surface area contributed by atoms with E-state index in [0.717, 1.165) is 21.4 Å². The van der Waals surface area contributed by atoms with Crippen LogP contribution in [0.2, 0.25) is 0 Å². The fraction of sp³-hybridized carbons (Fsp3) is 0.300. The zero-order valence-corrected chi connectivity index (χ0v) is 24.7. The molecule has 0 spiro atoms. The number of fused-ring (bicyclic) bond motifs is 1. The average Bonchev–Trinajstić information content (AvgIpc) is 3.26. The van der Waals surface area contributed by atoms with Crippen LogP contribution in [0.15, 0.2) is 57.8 Å². The van der Waals surface area contributed by atoms with Gasteiger partial charge in [0.15, 0.2) is 5.78 Å². The Kier molecular flexibility index (Phi) is 7.46. The monoisotopic (exact) mass is 603 g/mol. The van der Waals surface area contributed by atoms with Gasteiger partial charge in [0, 0.05) is 27.3 Å². The minimum atomic E-state index is -0.205. The first kappa shape index (κ1) is 27.5. The summed E-state index contributed by atoms with van der Waals surface area (Å²) in [5, 5.41) is 4.60. The van der Waals surface area contributed by atoms with E-state index in [-0.39, 0.29) is 36.4 Å². The third-order valence-corrected chi connectivity index (χ3v) is 7.89. The Morgan fingerprint density at radius 3 is 2.42 bits per heavy atom. The lowest BCUT2D eigenvalue weighted by Crippen LogP contribution is -2.46. The van der Waals surface area contributed by atoms with Gasteiger partial charge in [0.2, 0.25) is 5.95 Å². The first-order valence-electron chi connectivity index (χ1n) is 13.0. The van der Waals surface area contributed by atoms with Gasteiger partial charge in [-0.3, -0.25) is 14.4 Å².